The largest absolute Gasteiger partial charge is 0.351 e. The Labute approximate surface area is 67.6 Å². The van der Waals surface area contributed by atoms with E-state index >= 15 is 0 Å². The molecule has 0 bridgehead atoms. The van der Waals surface area contributed by atoms with Crippen LogP contribution in [0.15, 0.2) is 17.3 Å². The molecule has 1 rings (SSSR count). The Kier molecular flexibility index (Phi) is 3.69. The van der Waals surface area contributed by atoms with Gasteiger partial charge in [-0.3, -0.25) is 4.99 Å². The third-order valence-electron chi connectivity index (χ3n) is 1.58. The van der Waals surface area contributed by atoms with E-state index < -0.39 is 0 Å². The second-order valence-corrected chi connectivity index (χ2v) is 2.52. The smallest absolute Gasteiger partial charge is 0.101 e. The summed E-state index contributed by atoms with van der Waals surface area (Å²) in [5.74, 6) is 1.11. The highest BCUT2D eigenvalue weighted by Crippen LogP contribution is 1.97. The van der Waals surface area contributed by atoms with Crippen molar-refractivity contribution < 1.29 is 0 Å². The van der Waals surface area contributed by atoms with E-state index in [2.05, 4.69) is 21.7 Å². The number of nitrogens with one attached hydrogen (secondary N) is 2. The van der Waals surface area contributed by atoms with Crippen LogP contribution in [0.25, 0.3) is 0 Å². The van der Waals surface area contributed by atoms with Crippen molar-refractivity contribution in [2.75, 3.05) is 20.1 Å². The van der Waals surface area contributed by atoms with Gasteiger partial charge in [0, 0.05) is 13.0 Å². The number of allylic oxidation sites excluding steroid dienone is 1. The molecule has 1 aliphatic rings. The molecule has 0 saturated carbocycles. The highest BCUT2D eigenvalue weighted by Gasteiger charge is 1.98. The van der Waals surface area contributed by atoms with Crippen molar-refractivity contribution in [3.8, 4) is 0 Å². The summed E-state index contributed by atoms with van der Waals surface area (Å²) in [6, 6.07) is 0. The van der Waals surface area contributed by atoms with Crippen LogP contribution in [0.3, 0.4) is 0 Å². The van der Waals surface area contributed by atoms with Gasteiger partial charge in [-0.15, -0.1) is 0 Å². The van der Waals surface area contributed by atoms with Gasteiger partial charge in [-0.25, -0.2) is 0 Å². The van der Waals surface area contributed by atoms with Crippen LogP contribution in [0.2, 0.25) is 0 Å². The third kappa shape index (κ3) is 3.18. The van der Waals surface area contributed by atoms with Crippen LogP contribution in [0.5, 0.6) is 0 Å². The SMILES string of the molecule is CNCCN=C1CCC=CN1. The second-order valence-electron chi connectivity index (χ2n) is 2.52. The Morgan fingerprint density at radius 3 is 3.27 bits per heavy atom. The molecule has 0 aromatic carbocycles. The first-order valence-corrected chi connectivity index (χ1v) is 4.03. The van der Waals surface area contributed by atoms with Gasteiger partial charge in [0.15, 0.2) is 0 Å². The minimum atomic E-state index is 0.868. The third-order valence-corrected chi connectivity index (χ3v) is 1.58. The first-order chi connectivity index (χ1) is 5.43. The Bertz CT molecular complexity index is 161. The van der Waals surface area contributed by atoms with Gasteiger partial charge < -0.3 is 10.6 Å². The van der Waals surface area contributed by atoms with Crippen molar-refractivity contribution in [2.24, 2.45) is 4.99 Å². The van der Waals surface area contributed by atoms with E-state index in [0.717, 1.165) is 31.8 Å². The number of rotatable bonds is 3. The van der Waals surface area contributed by atoms with Crippen LogP contribution in [0.4, 0.5) is 0 Å². The maximum atomic E-state index is 4.36. The predicted octanol–water partition coefficient (Wildman–Crippen LogP) is 0.501. The molecule has 0 aromatic heterocycles. The molecule has 0 saturated heterocycles. The summed E-state index contributed by atoms with van der Waals surface area (Å²) >= 11 is 0. The summed E-state index contributed by atoms with van der Waals surface area (Å²) in [4.78, 5) is 4.36. The van der Waals surface area contributed by atoms with Gasteiger partial charge in [0.05, 0.1) is 6.54 Å². The zero-order valence-electron chi connectivity index (χ0n) is 6.93. The quantitative estimate of drug-likeness (QED) is 0.579. The number of hydrogen-bond acceptors (Lipinski definition) is 2. The van der Waals surface area contributed by atoms with Crippen molar-refractivity contribution in [1.82, 2.24) is 10.6 Å². The summed E-state index contributed by atoms with van der Waals surface area (Å²) in [5.41, 5.74) is 0. The number of hydrogen-bond donors (Lipinski definition) is 2. The normalized spacial score (nSPS) is 20.3. The fourth-order valence-corrected chi connectivity index (χ4v) is 0.958. The standard InChI is InChI=1S/C8H15N3/c1-9-6-7-11-8-4-2-3-5-10-8/h3,5,9H,2,4,6-7H2,1H3,(H,10,11). The van der Waals surface area contributed by atoms with Crippen molar-refractivity contribution >= 4 is 5.84 Å². The van der Waals surface area contributed by atoms with E-state index in [9.17, 15) is 0 Å². The minimum absolute atomic E-state index is 0.868. The molecule has 1 heterocycles. The van der Waals surface area contributed by atoms with Gasteiger partial charge in [0.1, 0.15) is 5.84 Å². The van der Waals surface area contributed by atoms with Crippen molar-refractivity contribution in [3.05, 3.63) is 12.3 Å². The maximum absolute atomic E-state index is 4.36. The fourth-order valence-electron chi connectivity index (χ4n) is 0.958. The van der Waals surface area contributed by atoms with Gasteiger partial charge in [-0.2, -0.15) is 0 Å². The van der Waals surface area contributed by atoms with E-state index in [0.29, 0.717) is 0 Å². The average molecular weight is 153 g/mol. The molecule has 11 heavy (non-hydrogen) atoms. The summed E-state index contributed by atoms with van der Waals surface area (Å²) in [7, 11) is 1.94. The van der Waals surface area contributed by atoms with E-state index in [1.807, 2.05) is 13.2 Å². The molecule has 2 N–H and O–H groups in total. The van der Waals surface area contributed by atoms with Gasteiger partial charge in [-0.1, -0.05) is 6.08 Å². The zero-order chi connectivity index (χ0) is 7.94. The van der Waals surface area contributed by atoms with Gasteiger partial charge in [0.2, 0.25) is 0 Å². The number of nitrogens with zero attached hydrogens (tertiary/aromatic N) is 1. The van der Waals surface area contributed by atoms with Crippen molar-refractivity contribution in [3.63, 3.8) is 0 Å². The van der Waals surface area contributed by atoms with E-state index in [-0.39, 0.29) is 0 Å². The first-order valence-electron chi connectivity index (χ1n) is 4.03. The van der Waals surface area contributed by atoms with Crippen LogP contribution in [0.1, 0.15) is 12.8 Å². The average Bonchev–Trinajstić information content (AvgIpc) is 2.07. The fraction of sp³-hybridized carbons (Fsp3) is 0.625. The molecule has 0 aromatic rings. The lowest BCUT2D eigenvalue weighted by Crippen LogP contribution is -2.22. The summed E-state index contributed by atoms with van der Waals surface area (Å²) in [6.45, 7) is 1.82. The van der Waals surface area contributed by atoms with Gasteiger partial charge >= 0.3 is 0 Å². The molecule has 3 nitrogen and oxygen atoms in total. The lowest BCUT2D eigenvalue weighted by atomic mass is 10.2. The lowest BCUT2D eigenvalue weighted by Gasteiger charge is -2.08. The lowest BCUT2D eigenvalue weighted by molar-refractivity contribution is 0.794. The molecule has 62 valence electrons. The molecule has 0 fully saturated rings. The molecule has 0 amide bonds. The Morgan fingerprint density at radius 1 is 1.73 bits per heavy atom. The van der Waals surface area contributed by atoms with Crippen LogP contribution < -0.4 is 10.6 Å². The number of amidine groups is 1. The van der Waals surface area contributed by atoms with Crippen LogP contribution in [-0.2, 0) is 0 Å². The minimum Gasteiger partial charge on any atom is -0.351 e. The molecule has 0 spiro atoms. The zero-order valence-corrected chi connectivity index (χ0v) is 6.93. The Morgan fingerprint density at radius 2 is 2.64 bits per heavy atom. The predicted molar refractivity (Wildman–Crippen MR) is 47.7 cm³/mol. The molecule has 0 unspecified atom stereocenters. The van der Waals surface area contributed by atoms with Crippen molar-refractivity contribution in [1.29, 1.82) is 0 Å². The first kappa shape index (κ1) is 8.27. The van der Waals surface area contributed by atoms with Crippen LogP contribution in [0, 0.1) is 0 Å². The molecular formula is C8H15N3. The van der Waals surface area contributed by atoms with E-state index in [1.54, 1.807) is 0 Å². The molecular weight excluding hydrogens is 138 g/mol. The van der Waals surface area contributed by atoms with E-state index in [1.165, 1.54) is 0 Å². The number of aliphatic imine (C=N–C) groups is 1. The Balaban J connectivity index is 2.22. The molecule has 0 atom stereocenters. The van der Waals surface area contributed by atoms with Gasteiger partial charge in [-0.05, 0) is 19.7 Å². The molecule has 1 aliphatic heterocycles. The van der Waals surface area contributed by atoms with Crippen LogP contribution in [-0.4, -0.2) is 26.0 Å². The van der Waals surface area contributed by atoms with Crippen LogP contribution >= 0.6 is 0 Å². The second kappa shape index (κ2) is 4.91. The molecule has 3 heteroatoms. The highest BCUT2D eigenvalue weighted by atomic mass is 15.0. The summed E-state index contributed by atoms with van der Waals surface area (Å²) in [6.07, 6.45) is 6.25. The maximum Gasteiger partial charge on any atom is 0.101 e. The monoisotopic (exact) mass is 153 g/mol. The number of likely N-dealkylation sites (N-methyl/N-ethyl adjacent to an activating group) is 1. The summed E-state index contributed by atoms with van der Waals surface area (Å²) < 4.78 is 0. The summed E-state index contributed by atoms with van der Waals surface area (Å²) in [5, 5.41) is 6.17. The Hall–Kier alpha value is -0.830. The molecule has 0 aliphatic carbocycles. The van der Waals surface area contributed by atoms with Gasteiger partial charge in [0.25, 0.3) is 0 Å². The highest BCUT2D eigenvalue weighted by molar-refractivity contribution is 5.83. The molecule has 0 radical (unpaired) electrons. The van der Waals surface area contributed by atoms with E-state index in [4.69, 9.17) is 0 Å². The van der Waals surface area contributed by atoms with Crippen molar-refractivity contribution in [2.45, 2.75) is 12.8 Å². The topological polar surface area (TPSA) is 36.4 Å².